The van der Waals surface area contributed by atoms with E-state index in [9.17, 15) is 9.59 Å². The Bertz CT molecular complexity index is 633. The highest BCUT2D eigenvalue weighted by molar-refractivity contribution is 9.10. The van der Waals surface area contributed by atoms with Gasteiger partial charge in [0.25, 0.3) is 0 Å². The minimum absolute atomic E-state index is 0.203. The summed E-state index contributed by atoms with van der Waals surface area (Å²) in [5, 5.41) is 0. The summed E-state index contributed by atoms with van der Waals surface area (Å²) in [5.74, 6) is -0.407. The van der Waals surface area contributed by atoms with Crippen molar-refractivity contribution in [3.8, 4) is 0 Å². The summed E-state index contributed by atoms with van der Waals surface area (Å²) in [5.41, 5.74) is 0. The van der Waals surface area contributed by atoms with Gasteiger partial charge in [-0.3, -0.25) is 9.59 Å². The Morgan fingerprint density at radius 1 is 0.568 bits per heavy atom. The van der Waals surface area contributed by atoms with Gasteiger partial charge in [-0.1, -0.05) is 70.4 Å². The molecule has 0 rings (SSSR count). The van der Waals surface area contributed by atoms with E-state index in [0.29, 0.717) is 13.2 Å². The topological polar surface area (TPSA) is 71.1 Å². The Balaban J connectivity index is 4.17. The number of ether oxygens (including phenoxy) is 2. The maximum absolute atomic E-state index is 11.8. The molecule has 0 unspecified atom stereocenters. The van der Waals surface area contributed by atoms with Crippen molar-refractivity contribution in [3.63, 3.8) is 0 Å². The van der Waals surface area contributed by atoms with Crippen molar-refractivity contribution in [1.29, 1.82) is 0 Å². The molecule has 220 valence electrons. The van der Waals surface area contributed by atoms with Gasteiger partial charge in [-0.05, 0) is 91.9 Å². The van der Waals surface area contributed by atoms with Crippen molar-refractivity contribution in [2.45, 2.75) is 139 Å². The highest BCUT2D eigenvalue weighted by Gasteiger charge is 2.39. The molecule has 0 aromatic heterocycles. The van der Waals surface area contributed by atoms with Gasteiger partial charge in [-0.25, -0.2) is 0 Å². The van der Waals surface area contributed by atoms with Crippen molar-refractivity contribution >= 4 is 69.0 Å². The van der Waals surface area contributed by atoms with E-state index < -0.39 is 33.8 Å². The first kappa shape index (κ1) is 37.5. The molecular weight excluding hydrogens is 652 g/mol. The van der Waals surface area contributed by atoms with Crippen molar-refractivity contribution in [1.82, 2.24) is 0 Å². The molecule has 0 saturated heterocycles. The predicted octanol–water partition coefficient (Wildman–Crippen LogP) is 8.69. The van der Waals surface area contributed by atoms with Crippen molar-refractivity contribution in [2.75, 3.05) is 13.2 Å². The quantitative estimate of drug-likeness (QED) is 0.0546. The standard InChI is InChI=1S/C26H54Br2O6Si3/c1-25(2,27)23(29)31-19-15-11-13-17-21-35(5,6)33-37(9,10)34-36(7,8)22-18-14-12-16-20-32-24(30)26(3,4)28/h11-22H2,1-10H3. The lowest BCUT2D eigenvalue weighted by Gasteiger charge is -2.39. The molecule has 0 bridgehead atoms. The van der Waals surface area contributed by atoms with Crippen LogP contribution in [0.1, 0.15) is 79.1 Å². The van der Waals surface area contributed by atoms with Crippen LogP contribution in [0.15, 0.2) is 0 Å². The number of esters is 2. The Kier molecular flexibility index (Phi) is 16.9. The molecule has 0 aliphatic heterocycles. The minimum atomic E-state index is -2.20. The van der Waals surface area contributed by atoms with Crippen LogP contribution in [0, 0.1) is 0 Å². The third-order valence-corrected chi connectivity index (χ3v) is 17.9. The van der Waals surface area contributed by atoms with E-state index in [1.807, 2.05) is 0 Å². The molecule has 0 amide bonds. The highest BCUT2D eigenvalue weighted by atomic mass is 79.9. The first-order valence-corrected chi connectivity index (χ1v) is 24.4. The van der Waals surface area contributed by atoms with E-state index in [1.54, 1.807) is 27.7 Å². The Morgan fingerprint density at radius 3 is 1.16 bits per heavy atom. The molecule has 0 fully saturated rings. The van der Waals surface area contributed by atoms with Crippen LogP contribution in [-0.4, -0.2) is 59.0 Å². The molecule has 0 radical (unpaired) electrons. The number of hydrogen-bond donors (Lipinski definition) is 0. The average molecular weight is 707 g/mol. The van der Waals surface area contributed by atoms with Crippen LogP contribution in [0.2, 0.25) is 51.4 Å². The van der Waals surface area contributed by atoms with Gasteiger partial charge in [0.2, 0.25) is 0 Å². The maximum Gasteiger partial charge on any atom is 0.322 e. The van der Waals surface area contributed by atoms with Crippen molar-refractivity contribution < 1.29 is 27.3 Å². The normalized spacial score (nSPS) is 13.5. The lowest BCUT2D eigenvalue weighted by molar-refractivity contribution is -0.146. The first-order chi connectivity index (χ1) is 16.7. The minimum Gasteiger partial charge on any atom is -0.465 e. The summed E-state index contributed by atoms with van der Waals surface area (Å²) < 4.78 is 22.9. The van der Waals surface area contributed by atoms with Crippen LogP contribution in [0.25, 0.3) is 0 Å². The smallest absolute Gasteiger partial charge is 0.322 e. The molecule has 0 aromatic rings. The molecule has 0 spiro atoms. The maximum atomic E-state index is 11.8. The van der Waals surface area contributed by atoms with Crippen molar-refractivity contribution in [2.24, 2.45) is 0 Å². The molecule has 37 heavy (non-hydrogen) atoms. The molecule has 0 aliphatic carbocycles. The van der Waals surface area contributed by atoms with Crippen LogP contribution in [-0.2, 0) is 27.3 Å². The molecule has 0 aromatic carbocycles. The molecule has 0 aliphatic rings. The molecule has 0 heterocycles. The molecule has 0 atom stereocenters. The molecule has 6 nitrogen and oxygen atoms in total. The number of rotatable bonds is 20. The molecule has 0 N–H and O–H groups in total. The van der Waals surface area contributed by atoms with Crippen LogP contribution in [0.4, 0.5) is 0 Å². The number of carbonyl (C=O) groups excluding carboxylic acids is 2. The summed E-state index contributed by atoms with van der Waals surface area (Å²) in [7, 11) is -5.80. The lowest BCUT2D eigenvalue weighted by atomic mass is 10.2. The summed E-state index contributed by atoms with van der Waals surface area (Å²) in [6, 6.07) is 2.25. The van der Waals surface area contributed by atoms with E-state index >= 15 is 0 Å². The van der Waals surface area contributed by atoms with Crippen LogP contribution in [0.3, 0.4) is 0 Å². The highest BCUT2D eigenvalue weighted by Crippen LogP contribution is 2.27. The van der Waals surface area contributed by atoms with E-state index in [0.717, 1.165) is 63.5 Å². The zero-order chi connectivity index (χ0) is 29.0. The fourth-order valence-corrected chi connectivity index (χ4v) is 18.6. The summed E-state index contributed by atoms with van der Waals surface area (Å²) >= 11 is 6.66. The van der Waals surface area contributed by atoms with Crippen LogP contribution >= 0.6 is 31.9 Å². The molecule has 0 saturated carbocycles. The monoisotopic (exact) mass is 704 g/mol. The average Bonchev–Trinajstić information content (AvgIpc) is 2.68. The lowest BCUT2D eigenvalue weighted by Crippen LogP contribution is -2.52. The first-order valence-electron chi connectivity index (χ1n) is 13.8. The van der Waals surface area contributed by atoms with Gasteiger partial charge in [-0.15, -0.1) is 0 Å². The Morgan fingerprint density at radius 2 is 0.865 bits per heavy atom. The van der Waals surface area contributed by atoms with E-state index in [2.05, 4.69) is 71.1 Å². The SMILES string of the molecule is CC(C)(Br)C(=O)OCCCCCC[Si](C)(C)O[Si](C)(C)O[Si](C)(C)CCCCCCOC(=O)C(C)(C)Br. The van der Waals surface area contributed by atoms with Gasteiger partial charge in [-0.2, -0.15) is 0 Å². The van der Waals surface area contributed by atoms with Crippen molar-refractivity contribution in [3.05, 3.63) is 0 Å². The summed E-state index contributed by atoms with van der Waals surface area (Å²) in [6.45, 7) is 21.8. The summed E-state index contributed by atoms with van der Waals surface area (Å²) in [4.78, 5) is 23.5. The van der Waals surface area contributed by atoms with Crippen LogP contribution in [0.5, 0.6) is 0 Å². The van der Waals surface area contributed by atoms with Gasteiger partial charge in [0, 0.05) is 0 Å². The second kappa shape index (κ2) is 16.7. The third kappa shape index (κ3) is 20.1. The molecule has 11 heteroatoms. The second-order valence-corrected chi connectivity index (χ2v) is 29.1. The van der Waals surface area contributed by atoms with E-state index in [-0.39, 0.29) is 11.9 Å². The number of carbonyl (C=O) groups is 2. The van der Waals surface area contributed by atoms with Gasteiger partial charge in [0.1, 0.15) is 8.65 Å². The number of halogens is 2. The summed E-state index contributed by atoms with van der Waals surface area (Å²) in [6.07, 6.45) is 8.48. The Labute approximate surface area is 247 Å². The van der Waals surface area contributed by atoms with Gasteiger partial charge >= 0.3 is 20.5 Å². The second-order valence-electron chi connectivity index (χ2n) is 12.7. The number of alkyl halides is 2. The van der Waals surface area contributed by atoms with Gasteiger partial charge in [0.15, 0.2) is 16.6 Å². The van der Waals surface area contributed by atoms with Gasteiger partial charge in [0.05, 0.1) is 13.2 Å². The number of unbranched alkanes of at least 4 members (excludes halogenated alkanes) is 6. The zero-order valence-electron chi connectivity index (χ0n) is 25.2. The third-order valence-electron chi connectivity index (χ3n) is 5.83. The van der Waals surface area contributed by atoms with E-state index in [1.165, 1.54) is 0 Å². The van der Waals surface area contributed by atoms with Gasteiger partial charge < -0.3 is 17.7 Å². The molecular formula is C26H54Br2O6Si3. The zero-order valence-corrected chi connectivity index (χ0v) is 31.4. The predicted molar refractivity (Wildman–Crippen MR) is 169 cm³/mol. The fourth-order valence-electron chi connectivity index (χ4n) is 4.14. The fraction of sp³-hybridized carbons (Fsp3) is 0.923. The van der Waals surface area contributed by atoms with E-state index in [4.69, 9.17) is 17.7 Å². The van der Waals surface area contributed by atoms with Crippen LogP contribution < -0.4 is 0 Å². The number of hydrogen-bond acceptors (Lipinski definition) is 6. The Hall–Kier alpha value is 0.471. The largest absolute Gasteiger partial charge is 0.465 e.